The summed E-state index contributed by atoms with van der Waals surface area (Å²) in [6, 6.07) is 8.18. The van der Waals surface area contributed by atoms with E-state index in [2.05, 4.69) is 15.2 Å². The summed E-state index contributed by atoms with van der Waals surface area (Å²) in [5.74, 6) is 0.998. The molecule has 160 valence electrons. The zero-order valence-electron chi connectivity index (χ0n) is 16.6. The Hall–Kier alpha value is -2.61. The lowest BCUT2D eigenvalue weighted by Crippen LogP contribution is -2.33. The molecule has 1 amide bonds. The molecule has 2 aromatic rings. The van der Waals surface area contributed by atoms with E-state index in [0.717, 1.165) is 37.1 Å². The van der Waals surface area contributed by atoms with Crippen molar-refractivity contribution in [3.8, 4) is 5.88 Å². The fourth-order valence-corrected chi connectivity index (χ4v) is 4.01. The predicted octanol–water partition coefficient (Wildman–Crippen LogP) is 4.20. The second kappa shape index (κ2) is 8.63. The summed E-state index contributed by atoms with van der Waals surface area (Å²) in [6.07, 6.45) is -0.922. The Morgan fingerprint density at radius 1 is 1.07 bits per heavy atom. The van der Waals surface area contributed by atoms with Crippen molar-refractivity contribution in [1.82, 2.24) is 9.88 Å². The third-order valence-corrected chi connectivity index (χ3v) is 5.61. The Kier molecular flexibility index (Phi) is 5.94. The van der Waals surface area contributed by atoms with E-state index >= 15 is 0 Å². The lowest BCUT2D eigenvalue weighted by atomic mass is 9.94. The Labute approximate surface area is 173 Å². The van der Waals surface area contributed by atoms with Crippen LogP contribution in [0.1, 0.15) is 41.5 Å². The SMILES string of the molecule is O=C1CCc2ccc(OCCCCN3CCc4cccc(C(F)(F)F)c4C3)nc2N1. The van der Waals surface area contributed by atoms with Crippen molar-refractivity contribution in [3.63, 3.8) is 0 Å². The highest BCUT2D eigenvalue weighted by atomic mass is 19.4. The standard InChI is InChI=1S/C22H24F3N3O2/c23-22(24,25)18-5-3-4-15-10-12-28(14-17(15)18)11-1-2-13-30-20-9-7-16-6-8-19(29)26-21(16)27-20/h3-5,7,9H,1-2,6,8,10-14H2,(H,26,27,29). The molecule has 0 bridgehead atoms. The molecular formula is C22H24F3N3O2. The van der Waals surface area contributed by atoms with Gasteiger partial charge in [-0.05, 0) is 61.1 Å². The van der Waals surface area contributed by atoms with Crippen molar-refractivity contribution in [3.05, 3.63) is 52.6 Å². The molecule has 0 unspecified atom stereocenters. The summed E-state index contributed by atoms with van der Waals surface area (Å²) >= 11 is 0. The number of rotatable bonds is 6. The number of fused-ring (bicyclic) bond motifs is 2. The normalized spacial score (nSPS) is 16.6. The molecule has 0 spiro atoms. The number of aryl methyl sites for hydroxylation is 1. The summed E-state index contributed by atoms with van der Waals surface area (Å²) in [5.41, 5.74) is 1.70. The fourth-order valence-electron chi connectivity index (χ4n) is 4.01. The van der Waals surface area contributed by atoms with Gasteiger partial charge in [-0.25, -0.2) is 0 Å². The number of unbranched alkanes of at least 4 members (excludes halogenated alkanes) is 1. The monoisotopic (exact) mass is 419 g/mol. The number of carbonyl (C=O) groups excluding carboxylic acids is 1. The van der Waals surface area contributed by atoms with Crippen LogP contribution >= 0.6 is 0 Å². The number of alkyl halides is 3. The van der Waals surface area contributed by atoms with Gasteiger partial charge in [-0.15, -0.1) is 0 Å². The van der Waals surface area contributed by atoms with E-state index in [0.29, 0.717) is 49.7 Å². The fraction of sp³-hybridized carbons (Fsp3) is 0.455. The molecule has 0 saturated carbocycles. The molecule has 0 fully saturated rings. The van der Waals surface area contributed by atoms with Crippen molar-refractivity contribution in [1.29, 1.82) is 0 Å². The maximum Gasteiger partial charge on any atom is 0.416 e. The molecule has 4 rings (SSSR count). The van der Waals surface area contributed by atoms with Crippen LogP contribution in [-0.4, -0.2) is 35.5 Å². The van der Waals surface area contributed by atoms with E-state index in [1.807, 2.05) is 6.07 Å². The van der Waals surface area contributed by atoms with E-state index in [1.165, 1.54) is 12.1 Å². The van der Waals surface area contributed by atoms with Gasteiger partial charge < -0.3 is 10.1 Å². The highest BCUT2D eigenvalue weighted by Gasteiger charge is 2.35. The molecule has 8 heteroatoms. The van der Waals surface area contributed by atoms with Crippen LogP contribution in [0.15, 0.2) is 30.3 Å². The number of anilines is 1. The van der Waals surface area contributed by atoms with Crippen molar-refractivity contribution >= 4 is 11.7 Å². The Balaban J connectivity index is 1.25. The van der Waals surface area contributed by atoms with Crippen LogP contribution in [0.5, 0.6) is 5.88 Å². The molecule has 5 nitrogen and oxygen atoms in total. The summed E-state index contributed by atoms with van der Waals surface area (Å²) in [7, 11) is 0. The average molecular weight is 419 g/mol. The average Bonchev–Trinajstić information content (AvgIpc) is 2.72. The predicted molar refractivity (Wildman–Crippen MR) is 106 cm³/mol. The first-order chi connectivity index (χ1) is 14.4. The van der Waals surface area contributed by atoms with Crippen molar-refractivity contribution in [2.24, 2.45) is 0 Å². The maximum absolute atomic E-state index is 13.3. The molecule has 0 atom stereocenters. The molecule has 1 N–H and O–H groups in total. The van der Waals surface area contributed by atoms with E-state index in [1.54, 1.807) is 12.1 Å². The molecule has 30 heavy (non-hydrogen) atoms. The molecule has 1 aromatic heterocycles. The second-order valence-electron chi connectivity index (χ2n) is 7.73. The van der Waals surface area contributed by atoms with Gasteiger partial charge in [0.05, 0.1) is 12.2 Å². The minimum absolute atomic E-state index is 0.0380. The number of pyridine rings is 1. The molecule has 3 heterocycles. The number of nitrogens with zero attached hydrogens (tertiary/aromatic N) is 2. The van der Waals surface area contributed by atoms with Crippen LogP contribution in [0.25, 0.3) is 0 Å². The molecule has 2 aliphatic heterocycles. The number of hydrogen-bond donors (Lipinski definition) is 1. The van der Waals surface area contributed by atoms with Gasteiger partial charge in [0.15, 0.2) is 0 Å². The van der Waals surface area contributed by atoms with Crippen LogP contribution in [0.3, 0.4) is 0 Å². The quantitative estimate of drug-likeness (QED) is 0.713. The van der Waals surface area contributed by atoms with Gasteiger partial charge in [-0.1, -0.05) is 12.1 Å². The van der Waals surface area contributed by atoms with Crippen molar-refractivity contribution in [2.45, 2.75) is 44.8 Å². The van der Waals surface area contributed by atoms with Crippen LogP contribution in [0.2, 0.25) is 0 Å². The topological polar surface area (TPSA) is 54.5 Å². The summed E-state index contributed by atoms with van der Waals surface area (Å²) in [6.45, 7) is 2.29. The third kappa shape index (κ3) is 4.75. The first-order valence-corrected chi connectivity index (χ1v) is 10.2. The Morgan fingerprint density at radius 2 is 1.93 bits per heavy atom. The number of carbonyl (C=O) groups is 1. The zero-order chi connectivity index (χ0) is 21.1. The molecule has 2 aliphatic rings. The van der Waals surface area contributed by atoms with Crippen molar-refractivity contribution < 1.29 is 22.7 Å². The minimum atomic E-state index is -4.32. The van der Waals surface area contributed by atoms with Gasteiger partial charge in [0.2, 0.25) is 11.8 Å². The number of ether oxygens (including phenoxy) is 1. The molecular weight excluding hydrogens is 395 g/mol. The van der Waals surface area contributed by atoms with E-state index in [-0.39, 0.29) is 5.91 Å². The van der Waals surface area contributed by atoms with Crippen molar-refractivity contribution in [2.75, 3.05) is 25.0 Å². The lowest BCUT2D eigenvalue weighted by molar-refractivity contribution is -0.138. The number of halogens is 3. The van der Waals surface area contributed by atoms with Gasteiger partial charge in [0.1, 0.15) is 5.82 Å². The smallest absolute Gasteiger partial charge is 0.416 e. The van der Waals surface area contributed by atoms with Gasteiger partial charge in [0.25, 0.3) is 0 Å². The van der Waals surface area contributed by atoms with Crippen LogP contribution in [0, 0.1) is 0 Å². The first kappa shape index (κ1) is 20.7. The lowest BCUT2D eigenvalue weighted by Gasteiger charge is -2.30. The molecule has 0 aliphatic carbocycles. The van der Waals surface area contributed by atoms with Gasteiger partial charge in [-0.2, -0.15) is 18.2 Å². The molecule has 0 radical (unpaired) electrons. The number of nitrogens with one attached hydrogen (secondary N) is 1. The van der Waals surface area contributed by atoms with Gasteiger partial charge >= 0.3 is 6.18 Å². The number of amides is 1. The highest BCUT2D eigenvalue weighted by molar-refractivity contribution is 5.92. The van der Waals surface area contributed by atoms with Gasteiger partial charge in [0, 0.05) is 25.6 Å². The highest BCUT2D eigenvalue weighted by Crippen LogP contribution is 2.35. The van der Waals surface area contributed by atoms with Gasteiger partial charge in [-0.3, -0.25) is 9.69 Å². The Bertz CT molecular complexity index is 930. The van der Waals surface area contributed by atoms with Crippen LogP contribution < -0.4 is 10.1 Å². The van der Waals surface area contributed by atoms with E-state index < -0.39 is 11.7 Å². The summed E-state index contributed by atoms with van der Waals surface area (Å²) in [4.78, 5) is 17.9. The van der Waals surface area contributed by atoms with E-state index in [9.17, 15) is 18.0 Å². The summed E-state index contributed by atoms with van der Waals surface area (Å²) in [5, 5.41) is 2.75. The largest absolute Gasteiger partial charge is 0.478 e. The molecule has 0 saturated heterocycles. The third-order valence-electron chi connectivity index (χ3n) is 5.61. The Morgan fingerprint density at radius 3 is 2.77 bits per heavy atom. The minimum Gasteiger partial charge on any atom is -0.478 e. The second-order valence-corrected chi connectivity index (χ2v) is 7.73. The maximum atomic E-state index is 13.3. The summed E-state index contributed by atoms with van der Waals surface area (Å²) < 4.78 is 45.5. The van der Waals surface area contributed by atoms with Crippen LogP contribution in [-0.2, 0) is 30.4 Å². The number of hydrogen-bond acceptors (Lipinski definition) is 4. The van der Waals surface area contributed by atoms with Crippen LogP contribution in [0.4, 0.5) is 19.0 Å². The number of benzene rings is 1. The molecule has 1 aromatic carbocycles. The zero-order valence-corrected chi connectivity index (χ0v) is 16.6. The first-order valence-electron chi connectivity index (χ1n) is 10.2. The van der Waals surface area contributed by atoms with E-state index in [4.69, 9.17) is 4.74 Å². The number of aromatic nitrogens is 1.